The minimum Gasteiger partial charge on any atom is -0.346 e. The predicted molar refractivity (Wildman–Crippen MR) is 123 cm³/mol. The second kappa shape index (κ2) is 8.19. The minimum absolute atomic E-state index is 0.105. The van der Waals surface area contributed by atoms with Crippen LogP contribution >= 0.6 is 12.2 Å². The Morgan fingerprint density at radius 2 is 1.70 bits per heavy atom. The van der Waals surface area contributed by atoms with E-state index in [1.54, 1.807) is 6.08 Å². The molecule has 5 nitrogen and oxygen atoms in total. The number of anilines is 1. The number of aromatic nitrogens is 1. The zero-order valence-corrected chi connectivity index (χ0v) is 18.5. The quantitative estimate of drug-likeness (QED) is 0.442. The van der Waals surface area contributed by atoms with Gasteiger partial charge in [0, 0.05) is 17.4 Å². The number of amides is 2. The molecule has 1 saturated heterocycles. The topological polar surface area (TPSA) is 54.3 Å². The molecular weight excluding hydrogens is 394 g/mol. The van der Waals surface area contributed by atoms with E-state index < -0.39 is 11.8 Å². The molecule has 2 amide bonds. The van der Waals surface area contributed by atoms with E-state index in [0.717, 1.165) is 16.8 Å². The van der Waals surface area contributed by atoms with Crippen molar-refractivity contribution in [2.75, 3.05) is 4.90 Å². The molecule has 1 N–H and O–H groups in total. The average molecular weight is 422 g/mol. The summed E-state index contributed by atoms with van der Waals surface area (Å²) in [5, 5.41) is 2.78. The van der Waals surface area contributed by atoms with Crippen LogP contribution in [0.25, 0.3) is 6.08 Å². The molecule has 6 heteroatoms. The van der Waals surface area contributed by atoms with Gasteiger partial charge in [-0.2, -0.15) is 0 Å². The van der Waals surface area contributed by atoms with E-state index in [-0.39, 0.29) is 10.7 Å². The number of carbonyl (C=O) groups is 2. The van der Waals surface area contributed by atoms with Crippen molar-refractivity contribution in [2.45, 2.75) is 58.9 Å². The number of aryl methyl sites for hydroxylation is 2. The third-order valence-electron chi connectivity index (χ3n) is 6.16. The zero-order chi connectivity index (χ0) is 21.4. The molecule has 4 rings (SSSR count). The average Bonchev–Trinajstić information content (AvgIpc) is 3.00. The Hall–Kier alpha value is -2.73. The smallest absolute Gasteiger partial charge is 0.270 e. The monoisotopic (exact) mass is 421 g/mol. The molecule has 1 saturated carbocycles. The van der Waals surface area contributed by atoms with E-state index in [4.69, 9.17) is 12.2 Å². The fraction of sp³-hybridized carbons (Fsp3) is 0.375. The van der Waals surface area contributed by atoms with Crippen molar-refractivity contribution in [1.82, 2.24) is 9.88 Å². The van der Waals surface area contributed by atoms with E-state index in [0.29, 0.717) is 11.7 Å². The van der Waals surface area contributed by atoms with E-state index in [1.807, 2.05) is 31.2 Å². The summed E-state index contributed by atoms with van der Waals surface area (Å²) >= 11 is 5.29. The summed E-state index contributed by atoms with van der Waals surface area (Å²) in [5.74, 6) is -0.842. The van der Waals surface area contributed by atoms with Crippen LogP contribution in [-0.2, 0) is 9.59 Å². The number of hydrogen-bond donors (Lipinski definition) is 1. The maximum Gasteiger partial charge on any atom is 0.270 e. The Labute approximate surface area is 182 Å². The highest BCUT2D eigenvalue weighted by Crippen LogP contribution is 2.33. The number of rotatable bonds is 3. The normalized spacial score (nSPS) is 19.5. The van der Waals surface area contributed by atoms with Gasteiger partial charge in [0.1, 0.15) is 5.57 Å². The minimum atomic E-state index is -0.448. The zero-order valence-electron chi connectivity index (χ0n) is 17.7. The van der Waals surface area contributed by atoms with Crippen molar-refractivity contribution < 1.29 is 9.59 Å². The third-order valence-corrected chi connectivity index (χ3v) is 6.44. The summed E-state index contributed by atoms with van der Waals surface area (Å²) in [6.45, 7) is 6.15. The van der Waals surface area contributed by atoms with Gasteiger partial charge in [-0.1, -0.05) is 37.0 Å². The molecule has 2 aromatic rings. The lowest BCUT2D eigenvalue weighted by atomic mass is 9.95. The number of carbonyl (C=O) groups excluding carboxylic acids is 2. The van der Waals surface area contributed by atoms with Gasteiger partial charge in [0.25, 0.3) is 11.8 Å². The lowest BCUT2D eigenvalue weighted by molar-refractivity contribution is -0.122. The first-order chi connectivity index (χ1) is 14.4. The Balaban J connectivity index is 1.70. The fourth-order valence-corrected chi connectivity index (χ4v) is 4.87. The lowest BCUT2D eigenvalue weighted by Gasteiger charge is -2.29. The first kappa shape index (κ1) is 20.5. The molecule has 0 atom stereocenters. The summed E-state index contributed by atoms with van der Waals surface area (Å²) in [7, 11) is 0. The first-order valence-electron chi connectivity index (χ1n) is 10.5. The second-order valence-electron chi connectivity index (χ2n) is 8.28. The van der Waals surface area contributed by atoms with Crippen LogP contribution in [0.15, 0.2) is 35.9 Å². The van der Waals surface area contributed by atoms with Gasteiger partial charge in [0.15, 0.2) is 5.11 Å². The summed E-state index contributed by atoms with van der Waals surface area (Å²) in [6, 6.07) is 10.1. The second-order valence-corrected chi connectivity index (χ2v) is 8.67. The largest absolute Gasteiger partial charge is 0.346 e. The lowest BCUT2D eigenvalue weighted by Crippen LogP contribution is -2.54. The Morgan fingerprint density at radius 1 is 1.03 bits per heavy atom. The molecule has 2 heterocycles. The molecule has 0 bridgehead atoms. The van der Waals surface area contributed by atoms with Gasteiger partial charge in [0.05, 0.1) is 5.69 Å². The van der Waals surface area contributed by atoms with Crippen LogP contribution in [0.1, 0.15) is 60.7 Å². The maximum atomic E-state index is 13.2. The molecule has 30 heavy (non-hydrogen) atoms. The van der Waals surface area contributed by atoms with Gasteiger partial charge in [0.2, 0.25) is 0 Å². The van der Waals surface area contributed by atoms with Crippen LogP contribution in [0.2, 0.25) is 0 Å². The fourth-order valence-electron chi connectivity index (χ4n) is 4.59. The molecule has 0 spiro atoms. The van der Waals surface area contributed by atoms with Crippen LogP contribution in [0, 0.1) is 20.8 Å². The molecule has 1 aliphatic heterocycles. The molecule has 2 fully saturated rings. The van der Waals surface area contributed by atoms with E-state index >= 15 is 0 Å². The van der Waals surface area contributed by atoms with Gasteiger partial charge in [-0.05, 0) is 75.7 Å². The van der Waals surface area contributed by atoms with Crippen LogP contribution in [0.4, 0.5) is 5.69 Å². The van der Waals surface area contributed by atoms with Gasteiger partial charge < -0.3 is 4.57 Å². The van der Waals surface area contributed by atoms with E-state index in [9.17, 15) is 9.59 Å². The molecule has 1 aliphatic carbocycles. The number of nitrogens with one attached hydrogen (secondary N) is 1. The first-order valence-corrected chi connectivity index (χ1v) is 10.9. The highest BCUT2D eigenvalue weighted by atomic mass is 32.1. The highest BCUT2D eigenvalue weighted by molar-refractivity contribution is 7.80. The Bertz CT molecular complexity index is 1040. The van der Waals surface area contributed by atoms with E-state index in [1.165, 1.54) is 42.7 Å². The number of hydrogen-bond acceptors (Lipinski definition) is 3. The van der Waals surface area contributed by atoms with Crippen LogP contribution in [0.3, 0.4) is 0 Å². The predicted octanol–water partition coefficient (Wildman–Crippen LogP) is 4.75. The van der Waals surface area contributed by atoms with Gasteiger partial charge in [-0.3, -0.25) is 19.8 Å². The van der Waals surface area contributed by atoms with Crippen LogP contribution in [0.5, 0.6) is 0 Å². The van der Waals surface area contributed by atoms with Crippen molar-refractivity contribution in [2.24, 2.45) is 0 Å². The summed E-state index contributed by atoms with van der Waals surface area (Å²) in [6.07, 6.45) is 7.88. The Kier molecular flexibility index (Phi) is 5.60. The number of thiocarbonyl (C=S) groups is 1. The van der Waals surface area contributed by atoms with Gasteiger partial charge >= 0.3 is 0 Å². The van der Waals surface area contributed by atoms with E-state index in [2.05, 4.69) is 29.8 Å². The van der Waals surface area contributed by atoms with Crippen molar-refractivity contribution in [3.05, 3.63) is 58.4 Å². The summed E-state index contributed by atoms with van der Waals surface area (Å²) in [5.41, 5.74) is 5.02. The molecular formula is C24H27N3O2S. The van der Waals surface area contributed by atoms with Crippen LogP contribution < -0.4 is 10.2 Å². The van der Waals surface area contributed by atoms with Crippen molar-refractivity contribution in [1.29, 1.82) is 0 Å². The van der Waals surface area contributed by atoms with Gasteiger partial charge in [-0.15, -0.1) is 0 Å². The molecule has 0 radical (unpaired) electrons. The van der Waals surface area contributed by atoms with Gasteiger partial charge in [-0.25, -0.2) is 0 Å². The van der Waals surface area contributed by atoms with Crippen LogP contribution in [-0.4, -0.2) is 21.5 Å². The van der Waals surface area contributed by atoms with Crippen molar-refractivity contribution in [3.8, 4) is 0 Å². The SMILES string of the molecule is Cc1ccc(N2C(=O)/C(=C/c3cc(C)n(C4CCCCC4)c3C)C(=O)NC2=S)cc1. The number of benzene rings is 1. The summed E-state index contributed by atoms with van der Waals surface area (Å²) < 4.78 is 2.37. The third kappa shape index (κ3) is 3.72. The number of nitrogens with zero attached hydrogens (tertiary/aromatic N) is 2. The van der Waals surface area contributed by atoms with Crippen molar-refractivity contribution in [3.63, 3.8) is 0 Å². The molecule has 0 unspecified atom stereocenters. The van der Waals surface area contributed by atoms with Crippen molar-refractivity contribution >= 4 is 40.9 Å². The summed E-state index contributed by atoms with van der Waals surface area (Å²) in [4.78, 5) is 27.3. The Morgan fingerprint density at radius 3 is 2.37 bits per heavy atom. The maximum absolute atomic E-state index is 13.2. The molecule has 1 aromatic heterocycles. The molecule has 156 valence electrons. The standard InChI is InChI=1S/C24H27N3O2S/c1-15-9-11-20(12-10-15)27-23(29)21(22(28)25-24(27)30)14-18-13-16(2)26(17(18)3)19-7-5-4-6-8-19/h9-14,19H,4-8H2,1-3H3,(H,25,28,30)/b21-14+. The molecule has 1 aromatic carbocycles. The molecule has 2 aliphatic rings. The highest BCUT2D eigenvalue weighted by Gasteiger charge is 2.34.